The van der Waals surface area contributed by atoms with Crippen LogP contribution in [-0.2, 0) is 15.1 Å². The van der Waals surface area contributed by atoms with Crippen LogP contribution in [0.2, 0.25) is 5.02 Å². The van der Waals surface area contributed by atoms with Gasteiger partial charge in [-0.25, -0.2) is 0 Å². The number of pyridine rings is 1. The highest BCUT2D eigenvalue weighted by Crippen LogP contribution is 2.38. The summed E-state index contributed by atoms with van der Waals surface area (Å²) in [5.41, 5.74) is 0.378. The molecule has 2 rings (SSSR count). The molecule has 1 aliphatic rings. The molecule has 0 amide bonds. The Balaban J connectivity index is 2.45. The van der Waals surface area contributed by atoms with E-state index >= 15 is 0 Å². The highest BCUT2D eigenvalue weighted by molar-refractivity contribution is 9.10. The molecule has 0 spiro atoms. The van der Waals surface area contributed by atoms with Crippen LogP contribution in [0.25, 0.3) is 0 Å². The van der Waals surface area contributed by atoms with Crippen molar-refractivity contribution in [3.63, 3.8) is 0 Å². The molecule has 0 radical (unpaired) electrons. The quantitative estimate of drug-likeness (QED) is 0.832. The number of aromatic nitrogens is 1. The first-order chi connectivity index (χ1) is 6.69. The zero-order valence-corrected chi connectivity index (χ0v) is 9.93. The number of halogens is 2. The molecule has 0 N–H and O–H groups in total. The van der Waals surface area contributed by atoms with E-state index in [4.69, 9.17) is 21.1 Å². The van der Waals surface area contributed by atoms with Gasteiger partial charge in [-0.1, -0.05) is 11.6 Å². The van der Waals surface area contributed by atoms with Crippen LogP contribution in [0.4, 0.5) is 0 Å². The summed E-state index contributed by atoms with van der Waals surface area (Å²) in [4.78, 5) is 4.27. The molecule has 3 nitrogen and oxygen atoms in total. The van der Waals surface area contributed by atoms with E-state index < -0.39 is 5.60 Å². The molecule has 0 saturated carbocycles. The molecular formula is C9H9BrClNO2. The van der Waals surface area contributed by atoms with Crippen LogP contribution in [0.3, 0.4) is 0 Å². The molecule has 2 heterocycles. The van der Waals surface area contributed by atoms with Gasteiger partial charge in [0.15, 0.2) is 5.60 Å². The summed E-state index contributed by atoms with van der Waals surface area (Å²) < 4.78 is 11.4. The number of hydrogen-bond donors (Lipinski definition) is 0. The Morgan fingerprint density at radius 3 is 2.86 bits per heavy atom. The predicted octanol–water partition coefficient (Wildman–Crippen LogP) is 2.37. The van der Waals surface area contributed by atoms with Gasteiger partial charge in [-0.15, -0.1) is 0 Å². The van der Waals surface area contributed by atoms with Crippen molar-refractivity contribution < 1.29 is 9.47 Å². The highest BCUT2D eigenvalue weighted by atomic mass is 79.9. The number of hydrogen-bond acceptors (Lipinski definition) is 3. The standard InChI is InChI=1S/C9H9BrClNO2/c1-13-9(4-14-5-9)8-7(10)6(11)2-3-12-8/h2-3H,4-5H2,1H3. The van der Waals surface area contributed by atoms with Crippen molar-refractivity contribution in [2.24, 2.45) is 0 Å². The lowest BCUT2D eigenvalue weighted by Gasteiger charge is -2.39. The van der Waals surface area contributed by atoms with Crippen LogP contribution in [0.15, 0.2) is 16.7 Å². The van der Waals surface area contributed by atoms with E-state index in [9.17, 15) is 0 Å². The smallest absolute Gasteiger partial charge is 0.157 e. The molecule has 1 aromatic rings. The largest absolute Gasteiger partial charge is 0.374 e. The van der Waals surface area contributed by atoms with E-state index in [1.165, 1.54) is 0 Å². The monoisotopic (exact) mass is 277 g/mol. The second-order valence-corrected chi connectivity index (χ2v) is 4.35. The third-order valence-corrected chi connectivity index (χ3v) is 3.68. The normalized spacial score (nSPS) is 19.1. The predicted molar refractivity (Wildman–Crippen MR) is 56.5 cm³/mol. The van der Waals surface area contributed by atoms with Gasteiger partial charge in [0.2, 0.25) is 0 Å². The van der Waals surface area contributed by atoms with Gasteiger partial charge < -0.3 is 9.47 Å². The molecule has 0 aliphatic carbocycles. The van der Waals surface area contributed by atoms with Crippen LogP contribution in [-0.4, -0.2) is 25.3 Å². The lowest BCUT2D eigenvalue weighted by Crippen LogP contribution is -2.49. The summed E-state index contributed by atoms with van der Waals surface area (Å²) in [5.74, 6) is 0. The van der Waals surface area contributed by atoms with Gasteiger partial charge in [0.25, 0.3) is 0 Å². The van der Waals surface area contributed by atoms with Gasteiger partial charge in [0.1, 0.15) is 0 Å². The Morgan fingerprint density at radius 2 is 2.36 bits per heavy atom. The lowest BCUT2D eigenvalue weighted by atomic mass is 9.97. The summed E-state index contributed by atoms with van der Waals surface area (Å²) in [6, 6.07) is 1.73. The average Bonchev–Trinajstić information content (AvgIpc) is 2.11. The van der Waals surface area contributed by atoms with E-state index in [0.717, 1.165) is 10.2 Å². The fourth-order valence-electron chi connectivity index (χ4n) is 1.38. The Morgan fingerprint density at radius 1 is 1.64 bits per heavy atom. The SMILES string of the molecule is COC1(c2nccc(Cl)c2Br)COC1. The van der Waals surface area contributed by atoms with E-state index in [1.54, 1.807) is 19.4 Å². The minimum atomic E-state index is -0.427. The second-order valence-electron chi connectivity index (χ2n) is 3.15. The average molecular weight is 279 g/mol. The molecule has 1 saturated heterocycles. The molecular weight excluding hydrogens is 269 g/mol. The van der Waals surface area contributed by atoms with Gasteiger partial charge in [-0.3, -0.25) is 4.98 Å². The van der Waals surface area contributed by atoms with Crippen molar-refractivity contribution in [3.05, 3.63) is 27.5 Å². The summed E-state index contributed by atoms with van der Waals surface area (Å²) >= 11 is 9.38. The summed E-state index contributed by atoms with van der Waals surface area (Å²) in [5, 5.41) is 0.637. The van der Waals surface area contributed by atoms with E-state index in [0.29, 0.717) is 18.2 Å². The molecule has 0 bridgehead atoms. The maximum absolute atomic E-state index is 5.97. The first-order valence-electron chi connectivity index (χ1n) is 4.13. The number of rotatable bonds is 2. The first kappa shape index (κ1) is 10.4. The molecule has 0 atom stereocenters. The molecule has 76 valence electrons. The van der Waals surface area contributed by atoms with Gasteiger partial charge >= 0.3 is 0 Å². The molecule has 1 fully saturated rings. The zero-order chi connectivity index (χ0) is 10.2. The fourth-order valence-corrected chi connectivity index (χ4v) is 2.12. The van der Waals surface area contributed by atoms with Crippen molar-refractivity contribution in [1.29, 1.82) is 0 Å². The molecule has 1 aromatic heterocycles. The second kappa shape index (κ2) is 3.77. The molecule has 14 heavy (non-hydrogen) atoms. The summed E-state index contributed by atoms with van der Waals surface area (Å²) in [7, 11) is 1.65. The van der Waals surface area contributed by atoms with Crippen LogP contribution < -0.4 is 0 Å². The molecule has 1 aliphatic heterocycles. The van der Waals surface area contributed by atoms with Crippen LogP contribution in [0.1, 0.15) is 5.69 Å². The third-order valence-electron chi connectivity index (χ3n) is 2.33. The Hall–Kier alpha value is -0.160. The van der Waals surface area contributed by atoms with Crippen molar-refractivity contribution in [2.45, 2.75) is 5.60 Å². The maximum Gasteiger partial charge on any atom is 0.157 e. The third kappa shape index (κ3) is 1.46. The minimum Gasteiger partial charge on any atom is -0.374 e. The topological polar surface area (TPSA) is 31.4 Å². The van der Waals surface area contributed by atoms with E-state index in [2.05, 4.69) is 20.9 Å². The number of ether oxygens (including phenoxy) is 2. The summed E-state index contributed by atoms with van der Waals surface area (Å²) in [6.07, 6.45) is 1.67. The number of nitrogens with zero attached hydrogens (tertiary/aromatic N) is 1. The van der Waals surface area contributed by atoms with E-state index in [-0.39, 0.29) is 0 Å². The van der Waals surface area contributed by atoms with Crippen molar-refractivity contribution in [3.8, 4) is 0 Å². The first-order valence-corrected chi connectivity index (χ1v) is 5.30. The Labute approximate surface area is 95.5 Å². The molecule has 5 heteroatoms. The Kier molecular flexibility index (Phi) is 2.79. The van der Waals surface area contributed by atoms with Crippen molar-refractivity contribution in [2.75, 3.05) is 20.3 Å². The summed E-state index contributed by atoms with van der Waals surface area (Å²) in [6.45, 7) is 1.05. The minimum absolute atomic E-state index is 0.427. The van der Waals surface area contributed by atoms with Crippen LogP contribution >= 0.6 is 27.5 Å². The van der Waals surface area contributed by atoms with Gasteiger partial charge in [-0.2, -0.15) is 0 Å². The van der Waals surface area contributed by atoms with E-state index in [1.807, 2.05) is 0 Å². The molecule has 0 unspecified atom stereocenters. The molecule has 0 aromatic carbocycles. The van der Waals surface area contributed by atoms with Gasteiger partial charge in [0.05, 0.1) is 28.4 Å². The van der Waals surface area contributed by atoms with Crippen LogP contribution in [0.5, 0.6) is 0 Å². The van der Waals surface area contributed by atoms with Gasteiger partial charge in [-0.05, 0) is 22.0 Å². The number of methoxy groups -OCH3 is 1. The van der Waals surface area contributed by atoms with Crippen molar-refractivity contribution >= 4 is 27.5 Å². The zero-order valence-electron chi connectivity index (χ0n) is 7.59. The Bertz CT molecular complexity index is 349. The van der Waals surface area contributed by atoms with Gasteiger partial charge in [0, 0.05) is 13.3 Å². The van der Waals surface area contributed by atoms with Crippen molar-refractivity contribution in [1.82, 2.24) is 4.98 Å². The highest BCUT2D eigenvalue weighted by Gasteiger charge is 2.43. The van der Waals surface area contributed by atoms with Crippen LogP contribution in [0, 0.1) is 0 Å². The lowest BCUT2D eigenvalue weighted by molar-refractivity contribution is -0.205. The fraction of sp³-hybridized carbons (Fsp3) is 0.444. The maximum atomic E-state index is 5.97.